The summed E-state index contributed by atoms with van der Waals surface area (Å²) in [5, 5.41) is 2.58. The van der Waals surface area contributed by atoms with Crippen LogP contribution in [0.3, 0.4) is 0 Å². The summed E-state index contributed by atoms with van der Waals surface area (Å²) in [6.45, 7) is 6.07. The number of carbonyl (C=O) groups is 3. The van der Waals surface area contributed by atoms with Crippen LogP contribution in [0.15, 0.2) is 71.6 Å². The number of aryl methyl sites for hydroxylation is 2. The van der Waals surface area contributed by atoms with Gasteiger partial charge < -0.3 is 10.1 Å². The third-order valence-electron chi connectivity index (χ3n) is 5.76. The minimum Gasteiger partial charge on any atom is -0.484 e. The van der Waals surface area contributed by atoms with E-state index in [1.165, 1.54) is 4.90 Å². The molecule has 178 valence electrons. The number of thioether (sulfide) groups is 1. The van der Waals surface area contributed by atoms with Crippen molar-refractivity contribution in [2.24, 2.45) is 0 Å². The maximum atomic E-state index is 12.8. The van der Waals surface area contributed by atoms with Gasteiger partial charge in [-0.1, -0.05) is 54.1 Å². The second-order valence-electron chi connectivity index (χ2n) is 8.41. The fourth-order valence-corrected chi connectivity index (χ4v) is 4.38. The predicted octanol–water partition coefficient (Wildman–Crippen LogP) is 5.87. The Morgan fingerprint density at radius 1 is 0.971 bits per heavy atom. The summed E-state index contributed by atoms with van der Waals surface area (Å²) in [7, 11) is 0. The number of benzene rings is 3. The summed E-state index contributed by atoms with van der Waals surface area (Å²) in [5.41, 5.74) is 5.68. The monoisotopic (exact) mass is 486 g/mol. The van der Waals surface area contributed by atoms with Gasteiger partial charge in [-0.15, -0.1) is 0 Å². The van der Waals surface area contributed by atoms with Crippen LogP contribution in [0, 0.1) is 20.8 Å². The normalized spacial score (nSPS) is 14.5. The lowest BCUT2D eigenvalue weighted by Gasteiger charge is -2.12. The van der Waals surface area contributed by atoms with Gasteiger partial charge in [-0.2, -0.15) is 0 Å². The van der Waals surface area contributed by atoms with Gasteiger partial charge in [-0.25, -0.2) is 0 Å². The number of hydrogen-bond acceptors (Lipinski definition) is 5. The molecule has 0 aliphatic carbocycles. The quantitative estimate of drug-likeness (QED) is 0.423. The Kier molecular flexibility index (Phi) is 7.36. The minimum atomic E-state index is -0.302. The fraction of sp³-hybridized carbons (Fsp3) is 0.179. The van der Waals surface area contributed by atoms with Crippen molar-refractivity contribution in [1.82, 2.24) is 4.90 Å². The summed E-state index contributed by atoms with van der Waals surface area (Å²) < 4.78 is 5.60. The van der Waals surface area contributed by atoms with E-state index in [2.05, 4.69) is 5.32 Å². The van der Waals surface area contributed by atoms with Gasteiger partial charge in [0.25, 0.3) is 17.1 Å². The highest BCUT2D eigenvalue weighted by atomic mass is 32.2. The molecule has 3 amide bonds. The van der Waals surface area contributed by atoms with Crippen LogP contribution in [0.5, 0.6) is 5.75 Å². The highest BCUT2D eigenvalue weighted by Crippen LogP contribution is 2.33. The Labute approximate surface area is 209 Å². The van der Waals surface area contributed by atoms with Crippen molar-refractivity contribution in [3.05, 3.63) is 99.5 Å². The van der Waals surface area contributed by atoms with Gasteiger partial charge in [0.1, 0.15) is 5.75 Å². The van der Waals surface area contributed by atoms with Gasteiger partial charge in [-0.05, 0) is 79.1 Å². The summed E-state index contributed by atoms with van der Waals surface area (Å²) in [5.74, 6) is -0.0141. The Hall–Kier alpha value is -3.84. The van der Waals surface area contributed by atoms with E-state index in [0.717, 1.165) is 45.3 Å². The third kappa shape index (κ3) is 6.00. The molecule has 0 saturated carbocycles. The summed E-state index contributed by atoms with van der Waals surface area (Å²) in [6, 6.07) is 20.5. The van der Waals surface area contributed by atoms with Crippen molar-refractivity contribution in [3.8, 4) is 5.75 Å². The van der Waals surface area contributed by atoms with E-state index in [9.17, 15) is 14.4 Å². The maximum absolute atomic E-state index is 12.8. The second-order valence-corrected chi connectivity index (χ2v) is 9.40. The zero-order chi connectivity index (χ0) is 24.9. The molecule has 1 saturated heterocycles. The SMILES string of the molecule is Cc1ccc(CN2C(=O)S/C(=C\c3ccc(OCC(=O)Nc4cccc(C)c4C)cc3)C2=O)cc1. The molecule has 1 fully saturated rings. The first-order valence-electron chi connectivity index (χ1n) is 11.2. The fourth-order valence-electron chi connectivity index (χ4n) is 3.55. The number of nitrogens with one attached hydrogen (secondary N) is 1. The highest BCUT2D eigenvalue weighted by Gasteiger charge is 2.34. The van der Waals surface area contributed by atoms with Crippen LogP contribution in [0.2, 0.25) is 0 Å². The molecular formula is C28H26N2O4S. The molecule has 6 nitrogen and oxygen atoms in total. The van der Waals surface area contributed by atoms with Crippen LogP contribution >= 0.6 is 11.8 Å². The molecule has 0 radical (unpaired) electrons. The molecule has 3 aromatic rings. The number of nitrogens with zero attached hydrogens (tertiary/aromatic N) is 1. The van der Waals surface area contributed by atoms with Crippen LogP contribution in [-0.2, 0) is 16.1 Å². The van der Waals surface area contributed by atoms with Crippen molar-refractivity contribution >= 4 is 40.6 Å². The first-order valence-corrected chi connectivity index (χ1v) is 12.0. The van der Waals surface area contributed by atoms with Crippen molar-refractivity contribution in [2.45, 2.75) is 27.3 Å². The average molecular weight is 487 g/mol. The number of rotatable bonds is 7. The van der Waals surface area contributed by atoms with Crippen LogP contribution < -0.4 is 10.1 Å². The zero-order valence-electron chi connectivity index (χ0n) is 19.8. The van der Waals surface area contributed by atoms with Crippen molar-refractivity contribution in [1.29, 1.82) is 0 Å². The Balaban J connectivity index is 1.34. The number of hydrogen-bond donors (Lipinski definition) is 1. The Morgan fingerprint density at radius 3 is 2.40 bits per heavy atom. The molecule has 7 heteroatoms. The number of anilines is 1. The smallest absolute Gasteiger partial charge is 0.293 e. The molecular weight excluding hydrogens is 460 g/mol. The van der Waals surface area contributed by atoms with Gasteiger partial charge in [0.2, 0.25) is 0 Å². The molecule has 0 spiro atoms. The molecule has 0 unspecified atom stereocenters. The van der Waals surface area contributed by atoms with Gasteiger partial charge in [0.15, 0.2) is 6.61 Å². The largest absolute Gasteiger partial charge is 0.484 e. The van der Waals surface area contributed by atoms with Crippen molar-refractivity contribution in [2.75, 3.05) is 11.9 Å². The molecule has 3 aromatic carbocycles. The van der Waals surface area contributed by atoms with E-state index in [-0.39, 0.29) is 30.2 Å². The molecule has 0 aromatic heterocycles. The molecule has 1 N–H and O–H groups in total. The Bertz CT molecular complexity index is 1300. The number of ether oxygens (including phenoxy) is 1. The lowest BCUT2D eigenvalue weighted by Crippen LogP contribution is -2.27. The van der Waals surface area contributed by atoms with E-state index in [4.69, 9.17) is 4.74 Å². The van der Waals surface area contributed by atoms with E-state index >= 15 is 0 Å². The van der Waals surface area contributed by atoms with Crippen molar-refractivity contribution < 1.29 is 19.1 Å². The highest BCUT2D eigenvalue weighted by molar-refractivity contribution is 8.18. The molecule has 0 bridgehead atoms. The third-order valence-corrected chi connectivity index (χ3v) is 6.67. The first-order chi connectivity index (χ1) is 16.8. The zero-order valence-corrected chi connectivity index (χ0v) is 20.6. The molecule has 35 heavy (non-hydrogen) atoms. The number of amides is 3. The summed E-state index contributed by atoms with van der Waals surface area (Å²) >= 11 is 0.935. The lowest BCUT2D eigenvalue weighted by molar-refractivity contribution is -0.123. The van der Waals surface area contributed by atoms with Gasteiger partial charge >= 0.3 is 0 Å². The molecule has 1 heterocycles. The first kappa shape index (κ1) is 24.3. The maximum Gasteiger partial charge on any atom is 0.293 e. The average Bonchev–Trinajstić information content (AvgIpc) is 3.10. The second kappa shape index (κ2) is 10.6. The van der Waals surface area contributed by atoms with Crippen LogP contribution in [-0.4, -0.2) is 28.6 Å². The molecule has 4 rings (SSSR count). The van der Waals surface area contributed by atoms with Gasteiger partial charge in [-0.3, -0.25) is 19.3 Å². The minimum absolute atomic E-state index is 0.120. The molecule has 0 atom stereocenters. The van der Waals surface area contributed by atoms with E-state index in [1.807, 2.05) is 63.2 Å². The predicted molar refractivity (Wildman–Crippen MR) is 139 cm³/mol. The van der Waals surface area contributed by atoms with Gasteiger partial charge in [0.05, 0.1) is 11.4 Å². The Morgan fingerprint density at radius 2 is 1.69 bits per heavy atom. The molecule has 1 aliphatic rings. The topological polar surface area (TPSA) is 75.7 Å². The summed E-state index contributed by atoms with van der Waals surface area (Å²) in [4.78, 5) is 39.1. The van der Waals surface area contributed by atoms with Crippen LogP contribution in [0.25, 0.3) is 6.08 Å². The number of carbonyl (C=O) groups excluding carboxylic acids is 3. The molecule has 1 aliphatic heterocycles. The van der Waals surface area contributed by atoms with Crippen molar-refractivity contribution in [3.63, 3.8) is 0 Å². The van der Waals surface area contributed by atoms with E-state index < -0.39 is 0 Å². The van der Waals surface area contributed by atoms with Crippen LogP contribution in [0.1, 0.15) is 27.8 Å². The summed E-state index contributed by atoms with van der Waals surface area (Å²) in [6.07, 6.45) is 1.69. The van der Waals surface area contributed by atoms with E-state index in [0.29, 0.717) is 10.7 Å². The number of imide groups is 1. The van der Waals surface area contributed by atoms with Gasteiger partial charge in [0, 0.05) is 5.69 Å². The van der Waals surface area contributed by atoms with Crippen LogP contribution in [0.4, 0.5) is 10.5 Å². The van der Waals surface area contributed by atoms with E-state index in [1.54, 1.807) is 30.3 Å². The standard InChI is InChI=1S/C28H26N2O4S/c1-18-7-9-22(10-8-18)16-30-27(32)25(35-28(30)33)15-21-11-13-23(14-12-21)34-17-26(31)29-24-6-4-5-19(2)20(24)3/h4-15H,16-17H2,1-3H3,(H,29,31)/b25-15-. The lowest BCUT2D eigenvalue weighted by atomic mass is 10.1.